The predicted octanol–water partition coefficient (Wildman–Crippen LogP) is 8.37. The number of benzene rings is 3. The molecule has 0 aliphatic rings. The average molecular weight is 480 g/mol. The summed E-state index contributed by atoms with van der Waals surface area (Å²) in [5, 5.41) is 2.79. The Morgan fingerprint density at radius 3 is 2.29 bits per heavy atom. The van der Waals surface area contributed by atoms with Crippen LogP contribution in [0, 0.1) is 5.82 Å². The van der Waals surface area contributed by atoms with Crippen LogP contribution in [0.3, 0.4) is 0 Å². The number of hydrogen-bond acceptors (Lipinski definition) is 1. The molecule has 0 radical (unpaired) electrons. The van der Waals surface area contributed by atoms with E-state index in [-0.39, 0.29) is 10.9 Å². The van der Waals surface area contributed by atoms with Crippen LogP contribution in [0.5, 0.6) is 5.75 Å². The van der Waals surface area contributed by atoms with Crippen molar-refractivity contribution in [3.8, 4) is 5.75 Å². The van der Waals surface area contributed by atoms with Crippen molar-refractivity contribution in [1.29, 1.82) is 0 Å². The molecule has 0 aliphatic heterocycles. The summed E-state index contributed by atoms with van der Waals surface area (Å²) in [4.78, 5) is 0. The van der Waals surface area contributed by atoms with Crippen LogP contribution in [0.4, 0.5) is 4.39 Å². The second kappa shape index (κ2) is 7.81. The summed E-state index contributed by atoms with van der Waals surface area (Å²) in [6.07, 6.45) is 0.555. The Hall–Kier alpha value is -1.36. The summed E-state index contributed by atoms with van der Waals surface area (Å²) in [7, 11) is -2.08. The quantitative estimate of drug-likeness (QED) is 0.341. The standard InChI is InChI=1S/C23H25BrClFOSi/c1-23(2,3)28(4,5)27-21-11-10-15(13-20(21)26)12-16-14-19(24)17-8-6-7-9-18(17)22(16)25/h6-11,13-14H,12H2,1-5H3. The third-order valence-corrected chi connectivity index (χ3v) is 11.0. The third-order valence-electron chi connectivity index (χ3n) is 5.57. The lowest BCUT2D eigenvalue weighted by molar-refractivity contribution is 0.456. The highest BCUT2D eigenvalue weighted by molar-refractivity contribution is 9.10. The molecule has 0 N–H and O–H groups in total. The molecule has 5 heteroatoms. The Labute approximate surface area is 181 Å². The van der Waals surface area contributed by atoms with Crippen LogP contribution in [-0.4, -0.2) is 8.32 Å². The van der Waals surface area contributed by atoms with Crippen molar-refractivity contribution in [2.45, 2.75) is 45.3 Å². The van der Waals surface area contributed by atoms with E-state index in [1.165, 1.54) is 0 Å². The highest BCUT2D eigenvalue weighted by atomic mass is 79.9. The van der Waals surface area contributed by atoms with Crippen molar-refractivity contribution in [1.82, 2.24) is 0 Å². The van der Waals surface area contributed by atoms with E-state index in [0.29, 0.717) is 17.2 Å². The zero-order valence-electron chi connectivity index (χ0n) is 16.9. The molecule has 3 aromatic rings. The second-order valence-electron chi connectivity index (χ2n) is 8.68. The van der Waals surface area contributed by atoms with Crippen LogP contribution >= 0.6 is 27.5 Å². The summed E-state index contributed by atoms with van der Waals surface area (Å²) in [6.45, 7) is 10.7. The fourth-order valence-corrected chi connectivity index (χ4v) is 4.79. The molecule has 3 aromatic carbocycles. The van der Waals surface area contributed by atoms with Gasteiger partial charge in [-0.3, -0.25) is 0 Å². The normalized spacial score (nSPS) is 12.4. The molecule has 0 saturated heterocycles. The molecule has 0 atom stereocenters. The highest BCUT2D eigenvalue weighted by Gasteiger charge is 2.39. The lowest BCUT2D eigenvalue weighted by Crippen LogP contribution is -2.44. The van der Waals surface area contributed by atoms with Gasteiger partial charge in [-0.25, -0.2) is 4.39 Å². The number of fused-ring (bicyclic) bond motifs is 1. The molecule has 28 heavy (non-hydrogen) atoms. The number of rotatable bonds is 4. The average Bonchev–Trinajstić information content (AvgIpc) is 2.61. The van der Waals surface area contributed by atoms with E-state index >= 15 is 0 Å². The van der Waals surface area contributed by atoms with Gasteiger partial charge in [-0.05, 0) is 59.3 Å². The predicted molar refractivity (Wildman–Crippen MR) is 124 cm³/mol. The summed E-state index contributed by atoms with van der Waals surface area (Å²) >= 11 is 10.3. The summed E-state index contributed by atoms with van der Waals surface area (Å²) < 4.78 is 21.9. The molecule has 0 amide bonds. The van der Waals surface area contributed by atoms with Gasteiger partial charge in [0, 0.05) is 9.86 Å². The molecule has 0 saturated carbocycles. The third kappa shape index (κ3) is 4.29. The van der Waals surface area contributed by atoms with E-state index in [1.54, 1.807) is 12.1 Å². The Bertz CT molecular complexity index is 1030. The molecular weight excluding hydrogens is 455 g/mol. The topological polar surface area (TPSA) is 9.23 Å². The first-order valence-corrected chi connectivity index (χ1v) is 13.4. The van der Waals surface area contributed by atoms with Crippen molar-refractivity contribution in [3.05, 3.63) is 75.0 Å². The van der Waals surface area contributed by atoms with Crippen LogP contribution in [0.1, 0.15) is 31.9 Å². The highest BCUT2D eigenvalue weighted by Crippen LogP contribution is 2.38. The monoisotopic (exact) mass is 478 g/mol. The molecule has 148 valence electrons. The summed E-state index contributed by atoms with van der Waals surface area (Å²) in [6, 6.07) is 15.2. The Kier molecular flexibility index (Phi) is 5.95. The van der Waals surface area contributed by atoms with Gasteiger partial charge in [0.15, 0.2) is 5.82 Å². The molecule has 0 spiro atoms. The molecule has 3 rings (SSSR count). The van der Waals surface area contributed by atoms with Crippen molar-refractivity contribution in [3.63, 3.8) is 0 Å². The van der Waals surface area contributed by atoms with Crippen molar-refractivity contribution in [2.75, 3.05) is 0 Å². The lowest BCUT2D eigenvalue weighted by Gasteiger charge is -2.36. The SMILES string of the molecule is CC(C)(C)[Si](C)(C)Oc1ccc(Cc2cc(Br)c3ccccc3c2Cl)cc1F. The smallest absolute Gasteiger partial charge is 0.250 e. The van der Waals surface area contributed by atoms with E-state index in [1.807, 2.05) is 36.4 Å². The first kappa shape index (κ1) is 21.3. The van der Waals surface area contributed by atoms with Crippen LogP contribution in [0.2, 0.25) is 23.2 Å². The summed E-state index contributed by atoms with van der Waals surface area (Å²) in [5.74, 6) is 0.0134. The molecule has 0 heterocycles. The minimum Gasteiger partial charge on any atom is -0.542 e. The van der Waals surface area contributed by atoms with Crippen LogP contribution in [0.25, 0.3) is 10.8 Å². The van der Waals surface area contributed by atoms with E-state index in [9.17, 15) is 4.39 Å². The number of hydrogen-bond donors (Lipinski definition) is 0. The van der Waals surface area contributed by atoms with Gasteiger partial charge in [0.1, 0.15) is 5.75 Å². The van der Waals surface area contributed by atoms with Gasteiger partial charge in [0.25, 0.3) is 8.32 Å². The molecule has 0 aliphatic carbocycles. The molecular formula is C23H25BrClFOSi. The lowest BCUT2D eigenvalue weighted by atomic mass is 10.0. The second-order valence-corrected chi connectivity index (χ2v) is 14.6. The van der Waals surface area contributed by atoms with Gasteiger partial charge in [0.2, 0.25) is 0 Å². The Balaban J connectivity index is 1.90. The molecule has 1 nitrogen and oxygen atoms in total. The van der Waals surface area contributed by atoms with E-state index in [2.05, 4.69) is 49.8 Å². The van der Waals surface area contributed by atoms with Gasteiger partial charge in [0.05, 0.1) is 5.02 Å². The minimum absolute atomic E-state index is 0.0169. The largest absolute Gasteiger partial charge is 0.542 e. The molecule has 0 fully saturated rings. The summed E-state index contributed by atoms with van der Waals surface area (Å²) in [5.41, 5.74) is 1.83. The zero-order chi connectivity index (χ0) is 20.7. The van der Waals surface area contributed by atoms with Crippen molar-refractivity contribution in [2.24, 2.45) is 0 Å². The Morgan fingerprint density at radius 2 is 1.68 bits per heavy atom. The molecule has 0 aromatic heterocycles. The first-order chi connectivity index (χ1) is 13.0. The van der Waals surface area contributed by atoms with Crippen LogP contribution < -0.4 is 4.43 Å². The van der Waals surface area contributed by atoms with E-state index in [4.69, 9.17) is 16.0 Å². The van der Waals surface area contributed by atoms with Gasteiger partial charge in [-0.15, -0.1) is 0 Å². The van der Waals surface area contributed by atoms with Gasteiger partial charge >= 0.3 is 0 Å². The molecule has 0 bridgehead atoms. The fourth-order valence-electron chi connectivity index (χ4n) is 2.86. The van der Waals surface area contributed by atoms with Gasteiger partial charge in [-0.1, -0.05) is 78.6 Å². The van der Waals surface area contributed by atoms with Crippen molar-refractivity contribution >= 4 is 46.6 Å². The zero-order valence-corrected chi connectivity index (χ0v) is 20.2. The maximum atomic E-state index is 14.8. The van der Waals surface area contributed by atoms with Crippen LogP contribution in [0.15, 0.2) is 53.0 Å². The van der Waals surface area contributed by atoms with E-state index < -0.39 is 8.32 Å². The van der Waals surface area contributed by atoms with Gasteiger partial charge in [-0.2, -0.15) is 0 Å². The van der Waals surface area contributed by atoms with Crippen LogP contribution in [-0.2, 0) is 6.42 Å². The minimum atomic E-state index is -2.08. The van der Waals surface area contributed by atoms with E-state index in [0.717, 1.165) is 26.4 Å². The maximum Gasteiger partial charge on any atom is 0.250 e. The Morgan fingerprint density at radius 1 is 1.04 bits per heavy atom. The van der Waals surface area contributed by atoms with Gasteiger partial charge < -0.3 is 4.43 Å². The number of halogens is 3. The fraction of sp³-hybridized carbons (Fsp3) is 0.304. The first-order valence-electron chi connectivity index (χ1n) is 9.33. The van der Waals surface area contributed by atoms with Crippen molar-refractivity contribution < 1.29 is 8.82 Å². The maximum absolute atomic E-state index is 14.8. The molecule has 0 unspecified atom stereocenters.